The standard InChI is InChI=1S/C22H36N4O3.HI/c1-22(2,3)29-21(27)26-14-6-7-18(16-26)12-13-24-20(23-4)25-15-17-8-10-19(28-5)11-9-17;/h8-11,18H,6-7,12-16H2,1-5H3,(H2,23,24,25);1H. The van der Waals surface area contributed by atoms with E-state index < -0.39 is 5.60 Å². The molecule has 0 spiro atoms. The number of halogens is 1. The monoisotopic (exact) mass is 532 g/mol. The van der Waals surface area contributed by atoms with Crippen molar-refractivity contribution in [2.24, 2.45) is 10.9 Å². The van der Waals surface area contributed by atoms with Gasteiger partial charge in [-0.15, -0.1) is 24.0 Å². The second-order valence-corrected chi connectivity index (χ2v) is 8.42. The van der Waals surface area contributed by atoms with E-state index in [4.69, 9.17) is 9.47 Å². The summed E-state index contributed by atoms with van der Waals surface area (Å²) in [5, 5.41) is 6.70. The molecule has 0 aliphatic carbocycles. The number of carbonyl (C=O) groups excluding carboxylic acids is 1. The Morgan fingerprint density at radius 2 is 1.93 bits per heavy atom. The van der Waals surface area contributed by atoms with E-state index in [9.17, 15) is 4.79 Å². The van der Waals surface area contributed by atoms with Crippen molar-refractivity contribution < 1.29 is 14.3 Å². The summed E-state index contributed by atoms with van der Waals surface area (Å²) in [5.74, 6) is 2.10. The molecule has 1 saturated heterocycles. The Balaban J connectivity index is 0.00000450. The summed E-state index contributed by atoms with van der Waals surface area (Å²) in [6.45, 7) is 8.76. The van der Waals surface area contributed by atoms with Gasteiger partial charge >= 0.3 is 6.09 Å². The molecule has 7 nitrogen and oxygen atoms in total. The first kappa shape index (κ1) is 26.3. The number of carbonyl (C=O) groups is 1. The maximum absolute atomic E-state index is 12.3. The van der Waals surface area contributed by atoms with Crippen molar-refractivity contribution in [1.29, 1.82) is 0 Å². The van der Waals surface area contributed by atoms with Crippen molar-refractivity contribution in [3.63, 3.8) is 0 Å². The fourth-order valence-corrected chi connectivity index (χ4v) is 3.34. The molecule has 0 saturated carbocycles. The Hall–Kier alpha value is -1.71. The molecule has 1 aliphatic heterocycles. The van der Waals surface area contributed by atoms with Gasteiger partial charge in [0.25, 0.3) is 0 Å². The number of rotatable bonds is 6. The number of nitrogens with zero attached hydrogens (tertiary/aromatic N) is 2. The molecule has 1 unspecified atom stereocenters. The Bertz CT molecular complexity index is 674. The van der Waals surface area contributed by atoms with E-state index >= 15 is 0 Å². The van der Waals surface area contributed by atoms with E-state index in [-0.39, 0.29) is 30.1 Å². The molecular formula is C22H37IN4O3. The summed E-state index contributed by atoms with van der Waals surface area (Å²) in [5.41, 5.74) is 0.710. The Morgan fingerprint density at radius 1 is 1.23 bits per heavy atom. The Morgan fingerprint density at radius 3 is 2.53 bits per heavy atom. The van der Waals surface area contributed by atoms with Gasteiger partial charge in [0.15, 0.2) is 5.96 Å². The highest BCUT2D eigenvalue weighted by molar-refractivity contribution is 14.0. The van der Waals surface area contributed by atoms with E-state index in [1.54, 1.807) is 14.2 Å². The van der Waals surface area contributed by atoms with Gasteiger partial charge in [-0.1, -0.05) is 12.1 Å². The molecule has 170 valence electrons. The lowest BCUT2D eigenvalue weighted by Gasteiger charge is -2.34. The normalized spacial score (nSPS) is 17.0. The maximum Gasteiger partial charge on any atom is 0.410 e. The molecule has 1 fully saturated rings. The van der Waals surface area contributed by atoms with Gasteiger partial charge in [-0.3, -0.25) is 4.99 Å². The number of ether oxygens (including phenoxy) is 2. The SMILES string of the molecule is CN=C(NCCC1CCCN(C(=O)OC(C)(C)C)C1)NCc1ccc(OC)cc1.I. The number of aliphatic imine (C=N–C) groups is 1. The summed E-state index contributed by atoms with van der Waals surface area (Å²) in [6, 6.07) is 7.97. The summed E-state index contributed by atoms with van der Waals surface area (Å²) in [4.78, 5) is 18.4. The van der Waals surface area contributed by atoms with Crippen molar-refractivity contribution in [2.45, 2.75) is 52.2 Å². The predicted molar refractivity (Wildman–Crippen MR) is 132 cm³/mol. The smallest absolute Gasteiger partial charge is 0.410 e. The first-order valence-corrected chi connectivity index (χ1v) is 10.4. The van der Waals surface area contributed by atoms with Crippen molar-refractivity contribution in [1.82, 2.24) is 15.5 Å². The fourth-order valence-electron chi connectivity index (χ4n) is 3.34. The molecule has 1 aliphatic rings. The largest absolute Gasteiger partial charge is 0.497 e. The van der Waals surface area contributed by atoms with E-state index in [0.29, 0.717) is 12.5 Å². The van der Waals surface area contributed by atoms with Crippen LogP contribution in [0.4, 0.5) is 4.79 Å². The van der Waals surface area contributed by atoms with Crippen LogP contribution in [0, 0.1) is 5.92 Å². The number of methoxy groups -OCH3 is 1. The zero-order chi connectivity index (χ0) is 21.3. The van der Waals surface area contributed by atoms with Crippen LogP contribution in [-0.4, -0.2) is 56.3 Å². The van der Waals surface area contributed by atoms with Crippen LogP contribution in [0.25, 0.3) is 0 Å². The molecule has 1 aromatic carbocycles. The van der Waals surface area contributed by atoms with Crippen molar-refractivity contribution in [3.05, 3.63) is 29.8 Å². The summed E-state index contributed by atoms with van der Waals surface area (Å²) < 4.78 is 10.7. The van der Waals surface area contributed by atoms with Crippen LogP contribution in [0.3, 0.4) is 0 Å². The summed E-state index contributed by atoms with van der Waals surface area (Å²) >= 11 is 0. The van der Waals surface area contributed by atoms with Crippen LogP contribution in [-0.2, 0) is 11.3 Å². The molecule has 30 heavy (non-hydrogen) atoms. The highest BCUT2D eigenvalue weighted by Gasteiger charge is 2.27. The number of amides is 1. The molecule has 2 N–H and O–H groups in total. The van der Waals surface area contributed by atoms with Gasteiger partial charge in [0, 0.05) is 33.2 Å². The average Bonchev–Trinajstić information content (AvgIpc) is 2.70. The number of hydrogen-bond donors (Lipinski definition) is 2. The molecule has 1 amide bonds. The third-order valence-electron chi connectivity index (χ3n) is 4.86. The molecule has 2 rings (SSSR count). The first-order valence-electron chi connectivity index (χ1n) is 10.4. The van der Waals surface area contributed by atoms with Crippen LogP contribution in [0.5, 0.6) is 5.75 Å². The van der Waals surface area contributed by atoms with Gasteiger partial charge in [-0.05, 0) is 63.6 Å². The lowest BCUT2D eigenvalue weighted by Crippen LogP contribution is -2.44. The second-order valence-electron chi connectivity index (χ2n) is 8.42. The van der Waals surface area contributed by atoms with Gasteiger partial charge in [-0.25, -0.2) is 4.79 Å². The minimum absolute atomic E-state index is 0. The summed E-state index contributed by atoms with van der Waals surface area (Å²) in [6.07, 6.45) is 2.95. The van der Waals surface area contributed by atoms with Crippen LogP contribution >= 0.6 is 24.0 Å². The van der Waals surface area contributed by atoms with E-state index in [1.165, 1.54) is 0 Å². The minimum Gasteiger partial charge on any atom is -0.497 e. The van der Waals surface area contributed by atoms with Gasteiger partial charge in [-0.2, -0.15) is 0 Å². The topological polar surface area (TPSA) is 75.2 Å². The summed E-state index contributed by atoms with van der Waals surface area (Å²) in [7, 11) is 3.44. The Kier molecular flexibility index (Phi) is 11.3. The van der Waals surface area contributed by atoms with E-state index in [0.717, 1.165) is 56.2 Å². The molecule has 1 atom stereocenters. The first-order chi connectivity index (χ1) is 13.8. The zero-order valence-corrected chi connectivity index (χ0v) is 21.2. The van der Waals surface area contributed by atoms with Crippen LogP contribution in [0.2, 0.25) is 0 Å². The number of nitrogens with one attached hydrogen (secondary N) is 2. The predicted octanol–water partition coefficient (Wildman–Crippen LogP) is 4.02. The number of hydrogen-bond acceptors (Lipinski definition) is 4. The van der Waals surface area contributed by atoms with Crippen LogP contribution in [0.15, 0.2) is 29.3 Å². The second kappa shape index (κ2) is 12.9. The number of piperidine rings is 1. The highest BCUT2D eigenvalue weighted by Crippen LogP contribution is 2.21. The molecule has 8 heteroatoms. The fraction of sp³-hybridized carbons (Fsp3) is 0.636. The van der Waals surface area contributed by atoms with Crippen molar-refractivity contribution in [3.8, 4) is 5.75 Å². The number of likely N-dealkylation sites (tertiary alicyclic amines) is 1. The van der Waals surface area contributed by atoms with E-state index in [1.807, 2.05) is 49.9 Å². The third kappa shape index (κ3) is 9.40. The minimum atomic E-state index is -0.451. The average molecular weight is 532 g/mol. The number of benzene rings is 1. The molecule has 0 radical (unpaired) electrons. The van der Waals surface area contributed by atoms with Gasteiger partial charge in [0.05, 0.1) is 7.11 Å². The van der Waals surface area contributed by atoms with Gasteiger partial charge in [0.2, 0.25) is 0 Å². The quantitative estimate of drug-likeness (QED) is 0.329. The van der Waals surface area contributed by atoms with Crippen LogP contribution in [0.1, 0.15) is 45.6 Å². The van der Waals surface area contributed by atoms with Crippen molar-refractivity contribution >= 4 is 36.0 Å². The maximum atomic E-state index is 12.3. The highest BCUT2D eigenvalue weighted by atomic mass is 127. The zero-order valence-electron chi connectivity index (χ0n) is 18.9. The molecule has 0 aromatic heterocycles. The molecular weight excluding hydrogens is 495 g/mol. The lowest BCUT2D eigenvalue weighted by atomic mass is 9.95. The third-order valence-corrected chi connectivity index (χ3v) is 4.86. The van der Waals surface area contributed by atoms with Gasteiger partial charge in [0.1, 0.15) is 11.4 Å². The Labute approximate surface area is 198 Å². The molecule has 1 aromatic rings. The van der Waals surface area contributed by atoms with E-state index in [2.05, 4.69) is 15.6 Å². The van der Waals surface area contributed by atoms with Gasteiger partial charge < -0.3 is 25.0 Å². The van der Waals surface area contributed by atoms with Crippen molar-refractivity contribution in [2.75, 3.05) is 33.8 Å². The number of guanidine groups is 1. The lowest BCUT2D eigenvalue weighted by molar-refractivity contribution is 0.0162. The molecule has 1 heterocycles. The molecule has 0 bridgehead atoms. The van der Waals surface area contributed by atoms with Crippen LogP contribution < -0.4 is 15.4 Å².